The normalized spacial score (nSPS) is 10.5. The molecule has 0 heterocycles. The largest absolute Gasteiger partial charge is 0.423 e. The predicted molar refractivity (Wildman–Crippen MR) is 116 cm³/mol. The number of hydrogen-bond acceptors (Lipinski definition) is 5. The van der Waals surface area contributed by atoms with Crippen molar-refractivity contribution >= 4 is 39.7 Å². The van der Waals surface area contributed by atoms with E-state index >= 15 is 0 Å². The highest BCUT2D eigenvalue weighted by molar-refractivity contribution is 9.10. The van der Waals surface area contributed by atoms with Gasteiger partial charge in [0.15, 0.2) is 0 Å². The molecule has 0 unspecified atom stereocenters. The molecule has 0 spiro atoms. The van der Waals surface area contributed by atoms with Gasteiger partial charge < -0.3 is 10.1 Å². The standard InChI is InChI=1S/C22H18BrN3O3/c23-18-6-4-5-17(13-18)22(28)29-20-11-9-16(10-12-20)14-25-26-21(27)15-24-19-7-2-1-3-8-19/h1-14,24H,15H2,(H,26,27). The van der Waals surface area contributed by atoms with Crippen LogP contribution in [0.15, 0.2) is 88.4 Å². The molecule has 0 aliphatic heterocycles. The molecule has 0 bridgehead atoms. The van der Waals surface area contributed by atoms with E-state index in [0.29, 0.717) is 11.3 Å². The van der Waals surface area contributed by atoms with Crippen molar-refractivity contribution in [3.63, 3.8) is 0 Å². The number of ether oxygens (including phenoxy) is 1. The number of para-hydroxylation sites is 1. The van der Waals surface area contributed by atoms with E-state index in [1.807, 2.05) is 36.4 Å². The fourth-order valence-electron chi connectivity index (χ4n) is 2.36. The monoisotopic (exact) mass is 451 g/mol. The molecule has 3 rings (SSSR count). The number of benzene rings is 3. The summed E-state index contributed by atoms with van der Waals surface area (Å²) in [4.78, 5) is 23.9. The summed E-state index contributed by atoms with van der Waals surface area (Å²) in [6.07, 6.45) is 1.51. The van der Waals surface area contributed by atoms with Crippen LogP contribution in [0, 0.1) is 0 Å². The smallest absolute Gasteiger partial charge is 0.343 e. The summed E-state index contributed by atoms with van der Waals surface area (Å²) in [7, 11) is 0. The topological polar surface area (TPSA) is 79.8 Å². The van der Waals surface area contributed by atoms with Crippen molar-refractivity contribution in [3.8, 4) is 5.75 Å². The van der Waals surface area contributed by atoms with Gasteiger partial charge in [0.05, 0.1) is 18.3 Å². The summed E-state index contributed by atoms with van der Waals surface area (Å²) in [5, 5.41) is 6.92. The Hall–Kier alpha value is -3.45. The van der Waals surface area contributed by atoms with Crippen LogP contribution >= 0.6 is 15.9 Å². The van der Waals surface area contributed by atoms with Crippen molar-refractivity contribution < 1.29 is 14.3 Å². The number of hydrogen-bond donors (Lipinski definition) is 2. The molecule has 0 aromatic heterocycles. The minimum atomic E-state index is -0.439. The van der Waals surface area contributed by atoms with Crippen LogP contribution in [-0.2, 0) is 4.79 Å². The number of nitrogens with one attached hydrogen (secondary N) is 2. The third kappa shape index (κ3) is 6.58. The second-order valence-corrected chi connectivity index (χ2v) is 6.90. The zero-order chi connectivity index (χ0) is 20.5. The molecule has 146 valence electrons. The Morgan fingerprint density at radius 2 is 1.72 bits per heavy atom. The quantitative estimate of drug-likeness (QED) is 0.243. The van der Waals surface area contributed by atoms with Crippen molar-refractivity contribution in [1.82, 2.24) is 5.43 Å². The highest BCUT2D eigenvalue weighted by Crippen LogP contribution is 2.16. The first-order valence-electron chi connectivity index (χ1n) is 8.79. The number of anilines is 1. The van der Waals surface area contributed by atoms with Gasteiger partial charge in [0.1, 0.15) is 5.75 Å². The van der Waals surface area contributed by atoms with E-state index in [1.54, 1.807) is 42.5 Å². The molecule has 1 amide bonds. The van der Waals surface area contributed by atoms with E-state index in [4.69, 9.17) is 4.74 Å². The summed E-state index contributed by atoms with van der Waals surface area (Å²) in [5.74, 6) is -0.279. The number of amides is 1. The lowest BCUT2D eigenvalue weighted by Crippen LogP contribution is -2.25. The molecule has 7 heteroatoms. The SMILES string of the molecule is O=C(CNc1ccccc1)NN=Cc1ccc(OC(=O)c2cccc(Br)c2)cc1. The summed E-state index contributed by atoms with van der Waals surface area (Å²) in [6, 6.07) is 23.2. The van der Waals surface area contributed by atoms with Gasteiger partial charge in [-0.2, -0.15) is 5.10 Å². The Morgan fingerprint density at radius 3 is 2.45 bits per heavy atom. The van der Waals surface area contributed by atoms with Gasteiger partial charge in [-0.3, -0.25) is 4.79 Å². The summed E-state index contributed by atoms with van der Waals surface area (Å²) in [5.41, 5.74) is 4.52. The minimum Gasteiger partial charge on any atom is -0.423 e. The molecule has 29 heavy (non-hydrogen) atoms. The van der Waals surface area contributed by atoms with Gasteiger partial charge in [-0.05, 0) is 60.2 Å². The molecule has 3 aromatic rings. The lowest BCUT2D eigenvalue weighted by molar-refractivity contribution is -0.119. The number of carbonyl (C=O) groups excluding carboxylic acids is 2. The van der Waals surface area contributed by atoms with Gasteiger partial charge in [0.25, 0.3) is 5.91 Å². The van der Waals surface area contributed by atoms with E-state index in [0.717, 1.165) is 15.7 Å². The number of nitrogens with zero attached hydrogens (tertiary/aromatic N) is 1. The number of esters is 1. The Kier molecular flexibility index (Phi) is 7.13. The van der Waals surface area contributed by atoms with Gasteiger partial charge in [0, 0.05) is 10.2 Å². The molecule has 0 radical (unpaired) electrons. The highest BCUT2D eigenvalue weighted by Gasteiger charge is 2.08. The third-order valence-electron chi connectivity index (χ3n) is 3.78. The molecule has 0 aliphatic rings. The predicted octanol–water partition coefficient (Wildman–Crippen LogP) is 4.23. The third-order valence-corrected chi connectivity index (χ3v) is 4.27. The Balaban J connectivity index is 1.47. The van der Waals surface area contributed by atoms with E-state index in [-0.39, 0.29) is 12.5 Å². The van der Waals surface area contributed by atoms with Crippen LogP contribution in [-0.4, -0.2) is 24.6 Å². The van der Waals surface area contributed by atoms with Crippen LogP contribution in [0.3, 0.4) is 0 Å². The molecular weight excluding hydrogens is 434 g/mol. The first-order chi connectivity index (χ1) is 14.1. The van der Waals surface area contributed by atoms with Crippen molar-refractivity contribution in [2.45, 2.75) is 0 Å². The van der Waals surface area contributed by atoms with Gasteiger partial charge >= 0.3 is 5.97 Å². The second-order valence-electron chi connectivity index (χ2n) is 5.98. The van der Waals surface area contributed by atoms with Crippen LogP contribution in [0.2, 0.25) is 0 Å². The second kappa shape index (κ2) is 10.2. The molecule has 0 atom stereocenters. The first-order valence-corrected chi connectivity index (χ1v) is 9.58. The zero-order valence-corrected chi connectivity index (χ0v) is 16.9. The van der Waals surface area contributed by atoms with Crippen molar-refractivity contribution in [3.05, 3.63) is 94.5 Å². The molecule has 6 nitrogen and oxygen atoms in total. The molecule has 0 aliphatic carbocycles. The molecule has 3 aromatic carbocycles. The lowest BCUT2D eigenvalue weighted by Gasteiger charge is -2.05. The number of hydrazone groups is 1. The average molecular weight is 452 g/mol. The van der Waals surface area contributed by atoms with E-state index in [9.17, 15) is 9.59 Å². The van der Waals surface area contributed by atoms with Gasteiger partial charge in [-0.25, -0.2) is 10.2 Å². The molecular formula is C22H18BrN3O3. The molecule has 2 N–H and O–H groups in total. The number of halogens is 1. The molecule has 0 saturated carbocycles. The van der Waals surface area contributed by atoms with Crippen LogP contribution in [0.4, 0.5) is 5.69 Å². The Morgan fingerprint density at radius 1 is 0.966 bits per heavy atom. The maximum atomic E-state index is 12.1. The van der Waals surface area contributed by atoms with Crippen LogP contribution in [0.1, 0.15) is 15.9 Å². The fourth-order valence-corrected chi connectivity index (χ4v) is 2.76. The fraction of sp³-hybridized carbons (Fsp3) is 0.0455. The minimum absolute atomic E-state index is 0.117. The summed E-state index contributed by atoms with van der Waals surface area (Å²) >= 11 is 3.32. The molecule has 0 fully saturated rings. The van der Waals surface area contributed by atoms with E-state index < -0.39 is 5.97 Å². The first kappa shape index (κ1) is 20.3. The average Bonchev–Trinajstić information content (AvgIpc) is 2.74. The van der Waals surface area contributed by atoms with Crippen LogP contribution in [0.5, 0.6) is 5.75 Å². The zero-order valence-electron chi connectivity index (χ0n) is 15.3. The number of rotatable bonds is 7. The lowest BCUT2D eigenvalue weighted by atomic mass is 10.2. The summed E-state index contributed by atoms with van der Waals surface area (Å²) in [6.45, 7) is 0.117. The maximum Gasteiger partial charge on any atom is 0.343 e. The molecule has 0 saturated heterocycles. The van der Waals surface area contributed by atoms with Crippen LogP contribution < -0.4 is 15.5 Å². The Bertz CT molecular complexity index is 1010. The van der Waals surface area contributed by atoms with Gasteiger partial charge in [-0.15, -0.1) is 0 Å². The number of carbonyl (C=O) groups is 2. The maximum absolute atomic E-state index is 12.1. The highest BCUT2D eigenvalue weighted by atomic mass is 79.9. The van der Waals surface area contributed by atoms with Crippen molar-refractivity contribution in [2.75, 3.05) is 11.9 Å². The van der Waals surface area contributed by atoms with Crippen molar-refractivity contribution in [1.29, 1.82) is 0 Å². The summed E-state index contributed by atoms with van der Waals surface area (Å²) < 4.78 is 6.15. The van der Waals surface area contributed by atoms with E-state index in [1.165, 1.54) is 6.21 Å². The van der Waals surface area contributed by atoms with Gasteiger partial charge in [-0.1, -0.05) is 40.2 Å². The van der Waals surface area contributed by atoms with Gasteiger partial charge in [0.2, 0.25) is 0 Å². The van der Waals surface area contributed by atoms with Crippen molar-refractivity contribution in [2.24, 2.45) is 5.10 Å². The van der Waals surface area contributed by atoms with E-state index in [2.05, 4.69) is 31.8 Å². The Labute approximate surface area is 176 Å². The van der Waals surface area contributed by atoms with Crippen LogP contribution in [0.25, 0.3) is 0 Å².